The number of phenolic OH excluding ortho intramolecular Hbond substituents is 1. The Kier molecular flexibility index (Phi) is 4.25. The fourth-order valence-electron chi connectivity index (χ4n) is 1.06. The summed E-state index contributed by atoms with van der Waals surface area (Å²) in [4.78, 5) is 12.0. The predicted molar refractivity (Wildman–Crippen MR) is 66.4 cm³/mol. The molecule has 0 aliphatic carbocycles. The van der Waals surface area contributed by atoms with Crippen molar-refractivity contribution < 1.29 is 9.90 Å². The van der Waals surface area contributed by atoms with Gasteiger partial charge < -0.3 is 16.2 Å². The Balaban J connectivity index is 2.53. The molecular weight excluding hydrogens is 224 g/mol. The van der Waals surface area contributed by atoms with Gasteiger partial charge in [0.25, 0.3) is 5.91 Å². The highest BCUT2D eigenvalue weighted by molar-refractivity contribution is 7.80. The highest BCUT2D eigenvalue weighted by atomic mass is 32.1. The SMILES string of the molecule is CC(CNC(=O)c1ccc(O)cc1)C(N)=S. The highest BCUT2D eigenvalue weighted by Crippen LogP contribution is 2.09. The number of hydrogen-bond donors (Lipinski definition) is 3. The van der Waals surface area contributed by atoms with Gasteiger partial charge in [-0.25, -0.2) is 0 Å². The molecule has 0 bridgehead atoms. The lowest BCUT2D eigenvalue weighted by Gasteiger charge is -2.10. The first-order chi connectivity index (χ1) is 7.50. The van der Waals surface area contributed by atoms with Crippen molar-refractivity contribution in [3.63, 3.8) is 0 Å². The minimum atomic E-state index is -0.205. The number of nitrogens with two attached hydrogens (primary N) is 1. The van der Waals surface area contributed by atoms with Crippen molar-refractivity contribution in [2.24, 2.45) is 11.7 Å². The molecule has 0 fully saturated rings. The maximum absolute atomic E-state index is 11.6. The van der Waals surface area contributed by atoms with E-state index in [1.807, 2.05) is 6.92 Å². The number of hydrogen-bond acceptors (Lipinski definition) is 3. The van der Waals surface area contributed by atoms with Gasteiger partial charge in [0.15, 0.2) is 0 Å². The molecule has 0 saturated carbocycles. The van der Waals surface area contributed by atoms with E-state index in [0.717, 1.165) is 0 Å². The molecule has 4 N–H and O–H groups in total. The van der Waals surface area contributed by atoms with Crippen LogP contribution in [0.2, 0.25) is 0 Å². The van der Waals surface area contributed by atoms with Gasteiger partial charge >= 0.3 is 0 Å². The van der Waals surface area contributed by atoms with E-state index in [1.165, 1.54) is 12.1 Å². The van der Waals surface area contributed by atoms with Gasteiger partial charge in [-0.2, -0.15) is 0 Å². The number of phenols is 1. The minimum Gasteiger partial charge on any atom is -0.508 e. The monoisotopic (exact) mass is 238 g/mol. The van der Waals surface area contributed by atoms with Gasteiger partial charge in [-0.15, -0.1) is 0 Å². The van der Waals surface area contributed by atoms with Crippen LogP contribution in [0.25, 0.3) is 0 Å². The molecular formula is C11H14N2O2S. The van der Waals surface area contributed by atoms with Gasteiger partial charge in [-0.05, 0) is 24.3 Å². The van der Waals surface area contributed by atoms with Crippen molar-refractivity contribution in [1.82, 2.24) is 5.32 Å². The second-order valence-electron chi connectivity index (χ2n) is 3.56. The van der Waals surface area contributed by atoms with E-state index in [1.54, 1.807) is 12.1 Å². The average Bonchev–Trinajstić information content (AvgIpc) is 2.26. The molecule has 1 atom stereocenters. The fourth-order valence-corrected chi connectivity index (χ4v) is 1.14. The van der Waals surface area contributed by atoms with Crippen LogP contribution in [0.1, 0.15) is 17.3 Å². The Morgan fingerprint density at radius 1 is 1.50 bits per heavy atom. The molecule has 1 aromatic carbocycles. The second-order valence-corrected chi connectivity index (χ2v) is 4.03. The lowest BCUT2D eigenvalue weighted by Crippen LogP contribution is -2.33. The third-order valence-electron chi connectivity index (χ3n) is 2.18. The summed E-state index contributed by atoms with van der Waals surface area (Å²) in [6.45, 7) is 2.26. The molecule has 1 amide bonds. The van der Waals surface area contributed by atoms with E-state index in [4.69, 9.17) is 23.1 Å². The molecule has 0 radical (unpaired) electrons. The van der Waals surface area contributed by atoms with E-state index >= 15 is 0 Å². The summed E-state index contributed by atoms with van der Waals surface area (Å²) in [7, 11) is 0. The van der Waals surface area contributed by atoms with Gasteiger partial charge in [-0.3, -0.25) is 4.79 Å². The Morgan fingerprint density at radius 2 is 2.06 bits per heavy atom. The van der Waals surface area contributed by atoms with E-state index in [9.17, 15) is 4.79 Å². The summed E-state index contributed by atoms with van der Waals surface area (Å²) in [5, 5.41) is 11.8. The zero-order chi connectivity index (χ0) is 12.1. The maximum atomic E-state index is 11.6. The quantitative estimate of drug-likeness (QED) is 0.685. The number of rotatable bonds is 4. The topological polar surface area (TPSA) is 75.3 Å². The third-order valence-corrected chi connectivity index (χ3v) is 2.59. The van der Waals surface area contributed by atoms with E-state index in [0.29, 0.717) is 17.1 Å². The lowest BCUT2D eigenvalue weighted by molar-refractivity contribution is 0.0951. The molecule has 0 saturated heterocycles. The molecule has 0 aliphatic rings. The number of nitrogens with one attached hydrogen (secondary N) is 1. The number of carbonyl (C=O) groups is 1. The average molecular weight is 238 g/mol. The van der Waals surface area contributed by atoms with Crippen molar-refractivity contribution in [2.45, 2.75) is 6.92 Å². The van der Waals surface area contributed by atoms with Gasteiger partial charge in [0.1, 0.15) is 5.75 Å². The van der Waals surface area contributed by atoms with Crippen molar-refractivity contribution >= 4 is 23.1 Å². The van der Waals surface area contributed by atoms with E-state index < -0.39 is 0 Å². The normalized spacial score (nSPS) is 11.8. The Hall–Kier alpha value is -1.62. The van der Waals surface area contributed by atoms with E-state index in [2.05, 4.69) is 5.32 Å². The second kappa shape index (κ2) is 5.46. The number of aromatic hydroxyl groups is 1. The van der Waals surface area contributed by atoms with Crippen LogP contribution in [0, 0.1) is 5.92 Å². The summed E-state index contributed by atoms with van der Waals surface area (Å²) < 4.78 is 0. The molecule has 0 aliphatic heterocycles. The van der Waals surface area contributed by atoms with Gasteiger partial charge in [0.2, 0.25) is 0 Å². The van der Waals surface area contributed by atoms with Crippen molar-refractivity contribution in [2.75, 3.05) is 6.54 Å². The first kappa shape index (κ1) is 12.4. The fraction of sp³-hybridized carbons (Fsp3) is 0.273. The van der Waals surface area contributed by atoms with Crippen LogP contribution in [0.4, 0.5) is 0 Å². The van der Waals surface area contributed by atoms with Crippen LogP contribution < -0.4 is 11.1 Å². The van der Waals surface area contributed by atoms with Crippen LogP contribution in [0.3, 0.4) is 0 Å². The van der Waals surface area contributed by atoms with Crippen LogP contribution in [0.15, 0.2) is 24.3 Å². The Bertz CT molecular complexity index is 389. The molecule has 5 heteroatoms. The molecule has 1 unspecified atom stereocenters. The molecule has 0 spiro atoms. The summed E-state index contributed by atoms with van der Waals surface area (Å²) >= 11 is 4.80. The molecule has 16 heavy (non-hydrogen) atoms. The molecule has 86 valence electrons. The lowest BCUT2D eigenvalue weighted by atomic mass is 10.1. The number of benzene rings is 1. The smallest absolute Gasteiger partial charge is 0.251 e. The van der Waals surface area contributed by atoms with Gasteiger partial charge in [0.05, 0.1) is 4.99 Å². The molecule has 0 heterocycles. The summed E-state index contributed by atoms with van der Waals surface area (Å²) in [5.41, 5.74) is 5.92. The van der Waals surface area contributed by atoms with Gasteiger partial charge in [0, 0.05) is 18.0 Å². The summed E-state index contributed by atoms with van der Waals surface area (Å²) in [5.74, 6) is -0.104. The number of amides is 1. The maximum Gasteiger partial charge on any atom is 0.251 e. The van der Waals surface area contributed by atoms with Gasteiger partial charge in [-0.1, -0.05) is 19.1 Å². The number of thiocarbonyl (C=S) groups is 1. The molecule has 1 aromatic rings. The van der Waals surface area contributed by atoms with E-state index in [-0.39, 0.29) is 17.6 Å². The largest absolute Gasteiger partial charge is 0.508 e. The highest BCUT2D eigenvalue weighted by Gasteiger charge is 2.09. The van der Waals surface area contributed by atoms with Crippen LogP contribution in [0.5, 0.6) is 5.75 Å². The molecule has 4 nitrogen and oxygen atoms in total. The first-order valence-corrected chi connectivity index (χ1v) is 5.28. The molecule has 1 rings (SSSR count). The predicted octanol–water partition coefficient (Wildman–Crippen LogP) is 1.04. The van der Waals surface area contributed by atoms with Crippen LogP contribution >= 0.6 is 12.2 Å². The number of carbonyl (C=O) groups excluding carboxylic acids is 1. The van der Waals surface area contributed by atoms with Crippen LogP contribution in [-0.4, -0.2) is 22.5 Å². The summed E-state index contributed by atoms with van der Waals surface area (Å²) in [6, 6.07) is 6.03. The van der Waals surface area contributed by atoms with Crippen molar-refractivity contribution in [1.29, 1.82) is 0 Å². The first-order valence-electron chi connectivity index (χ1n) is 4.87. The standard InChI is InChI=1S/C11H14N2O2S/c1-7(10(12)16)6-13-11(15)8-2-4-9(14)5-3-8/h2-5,7,14H,6H2,1H3,(H2,12,16)(H,13,15). The Labute approximate surface area is 99.5 Å². The third kappa shape index (κ3) is 3.51. The summed E-state index contributed by atoms with van der Waals surface area (Å²) in [6.07, 6.45) is 0. The van der Waals surface area contributed by atoms with Crippen LogP contribution in [-0.2, 0) is 0 Å². The van der Waals surface area contributed by atoms with Crippen molar-refractivity contribution in [3.05, 3.63) is 29.8 Å². The minimum absolute atomic E-state index is 0.0314. The van der Waals surface area contributed by atoms with Crippen molar-refractivity contribution in [3.8, 4) is 5.75 Å². The Morgan fingerprint density at radius 3 is 2.56 bits per heavy atom. The zero-order valence-electron chi connectivity index (χ0n) is 8.93. The molecule has 0 aromatic heterocycles. The zero-order valence-corrected chi connectivity index (χ0v) is 9.75.